The van der Waals surface area contributed by atoms with Gasteiger partial charge in [0.15, 0.2) is 0 Å². The summed E-state index contributed by atoms with van der Waals surface area (Å²) in [6, 6.07) is 7.70. The Balaban J connectivity index is 2.57. The molecule has 0 bridgehead atoms. The van der Waals surface area contributed by atoms with E-state index in [1.54, 1.807) is 14.2 Å². The van der Waals surface area contributed by atoms with Crippen molar-refractivity contribution in [2.75, 3.05) is 14.2 Å². The minimum absolute atomic E-state index is 0.0946. The Kier molecular flexibility index (Phi) is 7.30. The van der Waals surface area contributed by atoms with E-state index in [4.69, 9.17) is 14.2 Å². The van der Waals surface area contributed by atoms with E-state index in [0.717, 1.165) is 11.3 Å². The second kappa shape index (κ2) is 8.74. The summed E-state index contributed by atoms with van der Waals surface area (Å²) in [5, 5.41) is 9.67. The Labute approximate surface area is 121 Å². The van der Waals surface area contributed by atoms with Gasteiger partial charge in [0.25, 0.3) is 0 Å². The summed E-state index contributed by atoms with van der Waals surface area (Å²) in [5.74, 6) is 0.817. The van der Waals surface area contributed by atoms with Crippen LogP contribution in [-0.2, 0) is 16.1 Å². The van der Waals surface area contributed by atoms with E-state index >= 15 is 0 Å². The lowest BCUT2D eigenvalue weighted by Crippen LogP contribution is -2.31. The van der Waals surface area contributed by atoms with Gasteiger partial charge < -0.3 is 19.3 Å². The van der Waals surface area contributed by atoms with Crippen molar-refractivity contribution < 1.29 is 19.3 Å². The molecule has 0 unspecified atom stereocenters. The number of benzene rings is 1. The minimum Gasteiger partial charge on any atom is -0.497 e. The van der Waals surface area contributed by atoms with Crippen LogP contribution in [0.4, 0.5) is 0 Å². The molecule has 0 spiro atoms. The maximum atomic E-state index is 9.67. The molecule has 112 valence electrons. The molecule has 3 atom stereocenters. The highest BCUT2D eigenvalue weighted by Gasteiger charge is 2.20. The van der Waals surface area contributed by atoms with E-state index in [0.29, 0.717) is 13.0 Å². The molecule has 0 saturated heterocycles. The van der Waals surface area contributed by atoms with Crippen molar-refractivity contribution in [3.8, 4) is 5.75 Å². The normalized spacial score (nSPS) is 15.4. The second-order valence-electron chi connectivity index (χ2n) is 4.68. The van der Waals surface area contributed by atoms with Crippen molar-refractivity contribution >= 4 is 0 Å². The molecule has 1 aromatic rings. The van der Waals surface area contributed by atoms with Gasteiger partial charge in [-0.15, -0.1) is 6.58 Å². The van der Waals surface area contributed by atoms with Crippen LogP contribution in [0.15, 0.2) is 36.9 Å². The molecule has 0 aliphatic rings. The van der Waals surface area contributed by atoms with E-state index in [9.17, 15) is 5.11 Å². The van der Waals surface area contributed by atoms with Crippen molar-refractivity contribution in [2.24, 2.45) is 0 Å². The first-order chi connectivity index (χ1) is 9.60. The number of ether oxygens (including phenoxy) is 3. The topological polar surface area (TPSA) is 47.9 Å². The quantitative estimate of drug-likeness (QED) is 0.706. The monoisotopic (exact) mass is 280 g/mol. The van der Waals surface area contributed by atoms with Gasteiger partial charge >= 0.3 is 0 Å². The number of aliphatic hydroxyl groups excluding tert-OH is 1. The summed E-state index contributed by atoms with van der Waals surface area (Å²) in [6.45, 7) is 5.97. The molecule has 0 aliphatic heterocycles. The summed E-state index contributed by atoms with van der Waals surface area (Å²) in [6.07, 6.45) is 1.10. The molecule has 0 aliphatic carbocycles. The van der Waals surface area contributed by atoms with Gasteiger partial charge in [-0.05, 0) is 24.6 Å². The molecule has 0 aromatic heterocycles. The molecular formula is C16H24O4. The Morgan fingerprint density at radius 3 is 2.40 bits per heavy atom. The van der Waals surface area contributed by atoms with Crippen molar-refractivity contribution in [2.45, 2.75) is 38.3 Å². The van der Waals surface area contributed by atoms with Gasteiger partial charge in [-0.2, -0.15) is 0 Å². The number of methoxy groups -OCH3 is 2. The summed E-state index contributed by atoms with van der Waals surface area (Å²) in [4.78, 5) is 0. The predicted octanol–water partition coefficient (Wildman–Crippen LogP) is 2.55. The first kappa shape index (κ1) is 16.7. The van der Waals surface area contributed by atoms with Crippen molar-refractivity contribution in [3.05, 3.63) is 42.5 Å². The largest absolute Gasteiger partial charge is 0.497 e. The van der Waals surface area contributed by atoms with Crippen LogP contribution in [0.25, 0.3) is 0 Å². The molecule has 0 fully saturated rings. The zero-order valence-corrected chi connectivity index (χ0v) is 12.4. The van der Waals surface area contributed by atoms with Gasteiger partial charge in [0, 0.05) is 13.5 Å². The van der Waals surface area contributed by atoms with Crippen LogP contribution < -0.4 is 4.74 Å². The van der Waals surface area contributed by atoms with Crippen LogP contribution >= 0.6 is 0 Å². The summed E-state index contributed by atoms with van der Waals surface area (Å²) in [7, 11) is 3.27. The third-order valence-corrected chi connectivity index (χ3v) is 3.26. The van der Waals surface area contributed by atoms with E-state index in [2.05, 4.69) is 6.58 Å². The molecule has 4 heteroatoms. The van der Waals surface area contributed by atoms with Crippen LogP contribution in [0, 0.1) is 0 Å². The minimum atomic E-state index is -0.589. The molecule has 0 saturated carbocycles. The van der Waals surface area contributed by atoms with Crippen LogP contribution in [0.1, 0.15) is 18.9 Å². The highest BCUT2D eigenvalue weighted by molar-refractivity contribution is 5.26. The Bertz CT molecular complexity index is 388. The Morgan fingerprint density at radius 2 is 1.90 bits per heavy atom. The molecule has 4 nitrogen and oxygen atoms in total. The van der Waals surface area contributed by atoms with E-state index in [1.807, 2.05) is 31.2 Å². The van der Waals surface area contributed by atoms with Gasteiger partial charge in [0.2, 0.25) is 0 Å². The number of hydrogen-bond donors (Lipinski definition) is 1. The first-order valence-electron chi connectivity index (χ1n) is 6.68. The average molecular weight is 280 g/mol. The summed E-state index contributed by atoms with van der Waals surface area (Å²) >= 11 is 0. The fourth-order valence-electron chi connectivity index (χ4n) is 1.81. The molecule has 20 heavy (non-hydrogen) atoms. The maximum Gasteiger partial charge on any atom is 0.118 e. The zero-order chi connectivity index (χ0) is 15.0. The van der Waals surface area contributed by atoms with Gasteiger partial charge in [-0.3, -0.25) is 0 Å². The highest BCUT2D eigenvalue weighted by atomic mass is 16.5. The fraction of sp³-hybridized carbons (Fsp3) is 0.500. The van der Waals surface area contributed by atoms with Crippen LogP contribution in [0.3, 0.4) is 0 Å². The third-order valence-electron chi connectivity index (χ3n) is 3.26. The third kappa shape index (κ3) is 5.33. The first-order valence-corrected chi connectivity index (χ1v) is 6.68. The van der Waals surface area contributed by atoms with E-state index in [1.165, 1.54) is 6.08 Å². The van der Waals surface area contributed by atoms with Crippen LogP contribution in [-0.4, -0.2) is 37.6 Å². The summed E-state index contributed by atoms with van der Waals surface area (Å²) < 4.78 is 16.3. The lowest BCUT2D eigenvalue weighted by Gasteiger charge is -2.24. The molecule has 0 amide bonds. The second-order valence-corrected chi connectivity index (χ2v) is 4.68. The van der Waals surface area contributed by atoms with Gasteiger partial charge in [-0.1, -0.05) is 18.2 Å². The van der Waals surface area contributed by atoms with Gasteiger partial charge in [0.05, 0.1) is 32.0 Å². The van der Waals surface area contributed by atoms with Crippen LogP contribution in [0.5, 0.6) is 5.75 Å². The van der Waals surface area contributed by atoms with E-state index < -0.39 is 6.10 Å². The fourth-order valence-corrected chi connectivity index (χ4v) is 1.81. The predicted molar refractivity (Wildman–Crippen MR) is 78.9 cm³/mol. The van der Waals surface area contributed by atoms with Crippen molar-refractivity contribution in [1.82, 2.24) is 0 Å². The van der Waals surface area contributed by atoms with Crippen molar-refractivity contribution in [3.63, 3.8) is 0 Å². The maximum absolute atomic E-state index is 9.67. The van der Waals surface area contributed by atoms with Gasteiger partial charge in [-0.25, -0.2) is 0 Å². The Hall–Kier alpha value is -1.36. The number of rotatable bonds is 9. The zero-order valence-electron chi connectivity index (χ0n) is 12.4. The average Bonchev–Trinajstić information content (AvgIpc) is 2.50. The lowest BCUT2D eigenvalue weighted by atomic mass is 10.1. The molecule has 1 rings (SSSR count). The number of aliphatic hydroxyl groups is 1. The van der Waals surface area contributed by atoms with Crippen LogP contribution in [0.2, 0.25) is 0 Å². The molecule has 1 aromatic carbocycles. The Morgan fingerprint density at radius 1 is 1.25 bits per heavy atom. The highest BCUT2D eigenvalue weighted by Crippen LogP contribution is 2.16. The smallest absolute Gasteiger partial charge is 0.118 e. The molecule has 0 heterocycles. The van der Waals surface area contributed by atoms with Gasteiger partial charge in [0.1, 0.15) is 5.75 Å². The molecule has 0 radical (unpaired) electrons. The standard InChI is InChI=1S/C16H24O4/c1-5-14(17)10-16(12(2)18-3)20-11-13-6-8-15(19-4)9-7-13/h5-9,12,14,16-17H,1,10-11H2,2-4H3/t12-,14+,16+/m1/s1. The number of hydrogen-bond acceptors (Lipinski definition) is 4. The summed E-state index contributed by atoms with van der Waals surface area (Å²) in [5.41, 5.74) is 1.05. The SMILES string of the molecule is C=C[C@H](O)C[C@H](OCc1ccc(OC)cc1)[C@@H](C)OC. The van der Waals surface area contributed by atoms with E-state index in [-0.39, 0.29) is 12.2 Å². The van der Waals surface area contributed by atoms with Crippen molar-refractivity contribution in [1.29, 1.82) is 0 Å². The lowest BCUT2D eigenvalue weighted by molar-refractivity contribution is -0.0704. The molecule has 1 N–H and O–H groups in total. The molecular weight excluding hydrogens is 256 g/mol.